The van der Waals surface area contributed by atoms with E-state index in [-0.39, 0.29) is 42.5 Å². The lowest BCUT2D eigenvalue weighted by molar-refractivity contribution is -0.122. The maximum absolute atomic E-state index is 14.3. The molecule has 0 bridgehead atoms. The SMILES string of the molecule is COc1nc(OC2CC(OC)C2)c(F)cc1CNC(=O)C1CCCN1. The Labute approximate surface area is 146 Å². The summed E-state index contributed by atoms with van der Waals surface area (Å²) in [5.74, 6) is -0.493. The van der Waals surface area contributed by atoms with Gasteiger partial charge in [0.25, 0.3) is 5.88 Å². The number of methoxy groups -OCH3 is 2. The number of carbonyl (C=O) groups is 1. The van der Waals surface area contributed by atoms with Crippen molar-refractivity contribution in [2.45, 2.75) is 50.5 Å². The van der Waals surface area contributed by atoms with Crippen molar-refractivity contribution in [2.75, 3.05) is 20.8 Å². The molecule has 2 fully saturated rings. The summed E-state index contributed by atoms with van der Waals surface area (Å²) in [6.07, 6.45) is 3.28. The second kappa shape index (κ2) is 7.97. The molecule has 2 N–H and O–H groups in total. The van der Waals surface area contributed by atoms with Crippen LogP contribution in [0.1, 0.15) is 31.2 Å². The lowest BCUT2D eigenvalue weighted by Gasteiger charge is -2.33. The molecule has 1 aromatic rings. The summed E-state index contributed by atoms with van der Waals surface area (Å²) >= 11 is 0. The van der Waals surface area contributed by atoms with Crippen LogP contribution in [0.15, 0.2) is 6.07 Å². The minimum absolute atomic E-state index is 0.0797. The van der Waals surface area contributed by atoms with Crippen molar-refractivity contribution in [1.82, 2.24) is 15.6 Å². The second-order valence-electron chi connectivity index (χ2n) is 6.38. The molecule has 1 aliphatic carbocycles. The molecule has 0 aromatic carbocycles. The van der Waals surface area contributed by atoms with Gasteiger partial charge in [-0.05, 0) is 25.5 Å². The maximum atomic E-state index is 14.3. The van der Waals surface area contributed by atoms with Crippen LogP contribution in [0.3, 0.4) is 0 Å². The Morgan fingerprint density at radius 1 is 1.36 bits per heavy atom. The number of amides is 1. The first-order chi connectivity index (χ1) is 12.1. The van der Waals surface area contributed by atoms with Crippen LogP contribution in [0.4, 0.5) is 4.39 Å². The van der Waals surface area contributed by atoms with Crippen LogP contribution in [-0.2, 0) is 16.1 Å². The summed E-state index contributed by atoms with van der Waals surface area (Å²) in [7, 11) is 3.10. The zero-order valence-electron chi connectivity index (χ0n) is 14.5. The molecule has 7 nitrogen and oxygen atoms in total. The van der Waals surface area contributed by atoms with Crippen LogP contribution in [0, 0.1) is 5.82 Å². The van der Waals surface area contributed by atoms with E-state index in [0.29, 0.717) is 18.4 Å². The predicted octanol–water partition coefficient (Wildman–Crippen LogP) is 1.15. The molecule has 1 saturated heterocycles. The Balaban J connectivity index is 1.61. The molecule has 1 atom stereocenters. The molecule has 8 heteroatoms. The monoisotopic (exact) mass is 353 g/mol. The van der Waals surface area contributed by atoms with Gasteiger partial charge in [-0.3, -0.25) is 4.79 Å². The third kappa shape index (κ3) is 4.19. The number of hydrogen-bond acceptors (Lipinski definition) is 6. The summed E-state index contributed by atoms with van der Waals surface area (Å²) in [5.41, 5.74) is 0.474. The van der Waals surface area contributed by atoms with E-state index in [9.17, 15) is 9.18 Å². The van der Waals surface area contributed by atoms with Gasteiger partial charge in [0.05, 0.1) is 19.3 Å². The Hall–Kier alpha value is -1.93. The van der Waals surface area contributed by atoms with Gasteiger partial charge in [-0.2, -0.15) is 4.98 Å². The molecular weight excluding hydrogens is 329 g/mol. The summed E-state index contributed by atoms with van der Waals surface area (Å²) in [6, 6.07) is 1.12. The third-order valence-corrected chi connectivity index (χ3v) is 4.67. The fourth-order valence-corrected chi connectivity index (χ4v) is 3.06. The van der Waals surface area contributed by atoms with Gasteiger partial charge >= 0.3 is 0 Å². The molecule has 3 rings (SSSR count). The van der Waals surface area contributed by atoms with Gasteiger partial charge in [0.15, 0.2) is 5.82 Å². The number of ether oxygens (including phenoxy) is 3. The van der Waals surface area contributed by atoms with Crippen LogP contribution in [0.5, 0.6) is 11.8 Å². The standard InChI is InChI=1S/C17H24FN3O4/c1-23-11-7-12(8-11)25-17-13(18)6-10(16(21-17)24-2)9-20-15(22)14-4-3-5-19-14/h6,11-12,14,19H,3-5,7-9H2,1-2H3,(H,20,22). The van der Waals surface area contributed by atoms with Gasteiger partial charge in [-0.1, -0.05) is 0 Å². The number of carbonyl (C=O) groups excluding carboxylic acids is 1. The molecule has 0 spiro atoms. The highest BCUT2D eigenvalue weighted by Gasteiger charge is 2.32. The average molecular weight is 353 g/mol. The van der Waals surface area contributed by atoms with E-state index in [0.717, 1.165) is 19.4 Å². The number of pyridine rings is 1. The Kier molecular flexibility index (Phi) is 5.70. The van der Waals surface area contributed by atoms with Crippen molar-refractivity contribution in [2.24, 2.45) is 0 Å². The lowest BCUT2D eigenvalue weighted by Crippen LogP contribution is -2.40. The van der Waals surface area contributed by atoms with E-state index in [1.807, 2.05) is 0 Å². The molecule has 138 valence electrons. The smallest absolute Gasteiger partial charge is 0.254 e. The second-order valence-corrected chi connectivity index (χ2v) is 6.38. The van der Waals surface area contributed by atoms with Gasteiger partial charge in [0.1, 0.15) is 6.10 Å². The van der Waals surface area contributed by atoms with Gasteiger partial charge in [-0.25, -0.2) is 4.39 Å². The van der Waals surface area contributed by atoms with Crippen molar-refractivity contribution in [3.8, 4) is 11.8 Å². The van der Waals surface area contributed by atoms with Crippen molar-refractivity contribution in [3.05, 3.63) is 17.4 Å². The van der Waals surface area contributed by atoms with Crippen LogP contribution < -0.4 is 20.1 Å². The Morgan fingerprint density at radius 3 is 2.80 bits per heavy atom. The number of rotatable bonds is 7. The fraction of sp³-hybridized carbons (Fsp3) is 0.647. The molecule has 1 unspecified atom stereocenters. The topological polar surface area (TPSA) is 81.7 Å². The average Bonchev–Trinajstić information content (AvgIpc) is 3.11. The highest BCUT2D eigenvalue weighted by molar-refractivity contribution is 5.82. The fourth-order valence-electron chi connectivity index (χ4n) is 3.06. The minimum Gasteiger partial charge on any atom is -0.481 e. The van der Waals surface area contributed by atoms with E-state index in [1.54, 1.807) is 7.11 Å². The zero-order valence-corrected chi connectivity index (χ0v) is 14.5. The molecule has 1 aliphatic heterocycles. The summed E-state index contributed by atoms with van der Waals surface area (Å²) in [4.78, 5) is 16.2. The molecule has 2 aliphatic rings. The minimum atomic E-state index is -0.565. The number of halogens is 1. The van der Waals surface area contributed by atoms with Crippen LogP contribution in [0.25, 0.3) is 0 Å². The lowest BCUT2D eigenvalue weighted by atomic mass is 9.92. The first kappa shape index (κ1) is 17.9. The van der Waals surface area contributed by atoms with Crippen LogP contribution in [-0.4, -0.2) is 49.9 Å². The molecule has 2 heterocycles. The zero-order chi connectivity index (χ0) is 17.8. The van der Waals surface area contributed by atoms with Crippen molar-refractivity contribution < 1.29 is 23.4 Å². The highest BCUT2D eigenvalue weighted by Crippen LogP contribution is 2.30. The van der Waals surface area contributed by atoms with E-state index in [1.165, 1.54) is 13.2 Å². The molecular formula is C17H24FN3O4. The molecule has 0 radical (unpaired) electrons. The van der Waals surface area contributed by atoms with Crippen LogP contribution >= 0.6 is 0 Å². The summed E-state index contributed by atoms with van der Waals surface area (Å²) < 4.78 is 30.3. The Morgan fingerprint density at radius 2 is 2.16 bits per heavy atom. The first-order valence-electron chi connectivity index (χ1n) is 8.54. The number of nitrogens with one attached hydrogen (secondary N) is 2. The van der Waals surface area contributed by atoms with Gasteiger partial charge in [0, 0.05) is 32.1 Å². The highest BCUT2D eigenvalue weighted by atomic mass is 19.1. The van der Waals surface area contributed by atoms with Crippen molar-refractivity contribution in [1.29, 1.82) is 0 Å². The normalized spacial score (nSPS) is 25.3. The van der Waals surface area contributed by atoms with Gasteiger partial charge in [-0.15, -0.1) is 0 Å². The number of nitrogens with zero attached hydrogens (tertiary/aromatic N) is 1. The summed E-state index contributed by atoms with van der Waals surface area (Å²) in [6.45, 7) is 0.994. The third-order valence-electron chi connectivity index (χ3n) is 4.67. The molecule has 25 heavy (non-hydrogen) atoms. The quantitative estimate of drug-likeness (QED) is 0.765. The summed E-state index contributed by atoms with van der Waals surface area (Å²) in [5, 5.41) is 5.91. The van der Waals surface area contributed by atoms with Gasteiger partial charge < -0.3 is 24.8 Å². The van der Waals surface area contributed by atoms with E-state index >= 15 is 0 Å². The molecule has 1 aromatic heterocycles. The van der Waals surface area contributed by atoms with Crippen molar-refractivity contribution >= 4 is 5.91 Å². The number of hydrogen-bond donors (Lipinski definition) is 2. The van der Waals surface area contributed by atoms with E-state index in [4.69, 9.17) is 14.2 Å². The van der Waals surface area contributed by atoms with Crippen molar-refractivity contribution in [3.63, 3.8) is 0 Å². The largest absolute Gasteiger partial charge is 0.481 e. The molecule has 1 saturated carbocycles. The predicted molar refractivity (Wildman–Crippen MR) is 88.1 cm³/mol. The van der Waals surface area contributed by atoms with E-state index < -0.39 is 5.82 Å². The Bertz CT molecular complexity index is 616. The van der Waals surface area contributed by atoms with Gasteiger partial charge in [0.2, 0.25) is 11.8 Å². The molecule has 1 amide bonds. The van der Waals surface area contributed by atoms with Crippen LogP contribution in [0.2, 0.25) is 0 Å². The first-order valence-corrected chi connectivity index (χ1v) is 8.54. The maximum Gasteiger partial charge on any atom is 0.254 e. The van der Waals surface area contributed by atoms with E-state index in [2.05, 4.69) is 15.6 Å². The number of aromatic nitrogens is 1.